The smallest absolute Gasteiger partial charge is 0.161 e. The Balaban J connectivity index is 1.44. The third kappa shape index (κ3) is 3.11. The molecule has 3 rings (SSSR count). The van der Waals surface area contributed by atoms with Gasteiger partial charge in [-0.3, -0.25) is 0 Å². The Bertz CT molecular complexity index is 333. The van der Waals surface area contributed by atoms with E-state index in [1.807, 2.05) is 0 Å². The summed E-state index contributed by atoms with van der Waals surface area (Å²) in [6.07, 6.45) is 6.99. The van der Waals surface area contributed by atoms with Crippen molar-refractivity contribution in [3.05, 3.63) is 12.2 Å². The molecule has 0 unspecified atom stereocenters. The molecule has 3 aliphatic rings. The average molecular weight is 307 g/mol. The monoisotopic (exact) mass is 306 g/mol. The summed E-state index contributed by atoms with van der Waals surface area (Å²) < 4.78 is 17.4. The second kappa shape index (κ2) is 6.31. The van der Waals surface area contributed by atoms with Crippen molar-refractivity contribution in [2.24, 2.45) is 17.8 Å². The van der Waals surface area contributed by atoms with Gasteiger partial charge in [-0.05, 0) is 24.7 Å². The highest BCUT2D eigenvalue weighted by Gasteiger charge is 2.44. The van der Waals surface area contributed by atoms with Crippen LogP contribution in [-0.4, -0.2) is 43.5 Å². The van der Waals surface area contributed by atoms with E-state index in [0.29, 0.717) is 36.8 Å². The van der Waals surface area contributed by atoms with E-state index in [-0.39, 0.29) is 18.5 Å². The number of ether oxygens (including phenoxy) is 3. The Hall–Kier alpha value is 0.200. The third-order valence-corrected chi connectivity index (χ3v) is 5.00. The average Bonchev–Trinajstić information content (AvgIpc) is 3.15. The van der Waals surface area contributed by atoms with Crippen LogP contribution < -0.4 is 0 Å². The lowest BCUT2D eigenvalue weighted by atomic mass is 9.93. The molecule has 19 heavy (non-hydrogen) atoms. The van der Waals surface area contributed by atoms with Crippen molar-refractivity contribution in [3.63, 3.8) is 0 Å². The summed E-state index contributed by atoms with van der Waals surface area (Å²) in [6.45, 7) is 1.12. The zero-order valence-electron chi connectivity index (χ0n) is 10.8. The van der Waals surface area contributed by atoms with Crippen LogP contribution in [0, 0.1) is 17.8 Å². The van der Waals surface area contributed by atoms with Gasteiger partial charge in [0.1, 0.15) is 6.10 Å². The Kier molecular flexibility index (Phi) is 4.70. The van der Waals surface area contributed by atoms with Crippen LogP contribution in [0.4, 0.5) is 0 Å². The molecule has 2 fully saturated rings. The maximum Gasteiger partial charge on any atom is 0.161 e. The zero-order chi connectivity index (χ0) is 13.2. The molecule has 2 bridgehead atoms. The normalized spacial score (nSPS) is 40.7. The molecule has 1 heterocycles. The van der Waals surface area contributed by atoms with Crippen LogP contribution in [-0.2, 0) is 14.2 Å². The second-order valence-corrected chi connectivity index (χ2v) is 6.29. The highest BCUT2D eigenvalue weighted by molar-refractivity contribution is 6.21. The molecule has 1 aliphatic heterocycles. The molecule has 1 saturated carbocycles. The maximum absolute atomic E-state index is 5.97. The van der Waals surface area contributed by atoms with E-state index in [9.17, 15) is 0 Å². The van der Waals surface area contributed by atoms with Gasteiger partial charge in [-0.2, -0.15) is 0 Å². The minimum atomic E-state index is -0.101. The van der Waals surface area contributed by atoms with Crippen LogP contribution in [0.25, 0.3) is 0 Å². The van der Waals surface area contributed by atoms with Crippen LogP contribution in [0.3, 0.4) is 0 Å². The molecule has 0 spiro atoms. The SMILES string of the molecule is ClCC(CCl)OC[C@H]1CO[C@@H]([C@@H]2C[C@@H]3C=C[C@@H]2C3)O1. The predicted octanol–water partition coefficient (Wildman–Crippen LogP) is 2.80. The fourth-order valence-electron chi connectivity index (χ4n) is 3.29. The molecule has 1 saturated heterocycles. The quantitative estimate of drug-likeness (QED) is 0.558. The van der Waals surface area contributed by atoms with Crippen molar-refractivity contribution in [3.8, 4) is 0 Å². The van der Waals surface area contributed by atoms with Gasteiger partial charge in [0.25, 0.3) is 0 Å². The fourth-order valence-corrected chi connectivity index (χ4v) is 3.80. The van der Waals surface area contributed by atoms with Gasteiger partial charge in [-0.1, -0.05) is 12.2 Å². The van der Waals surface area contributed by atoms with Crippen molar-refractivity contribution in [1.29, 1.82) is 0 Å². The number of alkyl halides is 2. The van der Waals surface area contributed by atoms with E-state index < -0.39 is 0 Å². The highest BCUT2D eigenvalue weighted by Crippen LogP contribution is 2.46. The lowest BCUT2D eigenvalue weighted by Crippen LogP contribution is -2.28. The largest absolute Gasteiger partial charge is 0.373 e. The molecule has 0 aromatic heterocycles. The van der Waals surface area contributed by atoms with Crippen LogP contribution in [0.2, 0.25) is 0 Å². The number of fused-ring (bicyclic) bond motifs is 2. The van der Waals surface area contributed by atoms with Gasteiger partial charge < -0.3 is 14.2 Å². The molecule has 0 aromatic rings. The van der Waals surface area contributed by atoms with Crippen molar-refractivity contribution < 1.29 is 14.2 Å². The predicted molar refractivity (Wildman–Crippen MR) is 74.6 cm³/mol. The summed E-state index contributed by atoms with van der Waals surface area (Å²) in [5.74, 6) is 2.74. The topological polar surface area (TPSA) is 27.7 Å². The van der Waals surface area contributed by atoms with Gasteiger partial charge in [-0.15, -0.1) is 23.2 Å². The second-order valence-electron chi connectivity index (χ2n) is 5.67. The first-order valence-electron chi connectivity index (χ1n) is 6.99. The molecule has 0 radical (unpaired) electrons. The summed E-state index contributed by atoms with van der Waals surface area (Å²) in [5, 5.41) is 0. The number of hydrogen-bond donors (Lipinski definition) is 0. The van der Waals surface area contributed by atoms with Crippen molar-refractivity contribution in [2.45, 2.75) is 31.3 Å². The van der Waals surface area contributed by atoms with Crippen molar-refractivity contribution in [2.75, 3.05) is 25.0 Å². The maximum atomic E-state index is 5.97. The summed E-state index contributed by atoms with van der Waals surface area (Å²) in [6, 6.07) is 0. The van der Waals surface area contributed by atoms with E-state index in [4.69, 9.17) is 37.4 Å². The fraction of sp³-hybridized carbons (Fsp3) is 0.857. The number of hydrogen-bond acceptors (Lipinski definition) is 3. The van der Waals surface area contributed by atoms with E-state index in [1.54, 1.807) is 0 Å². The molecule has 108 valence electrons. The van der Waals surface area contributed by atoms with Crippen LogP contribution in [0.5, 0.6) is 0 Å². The Labute approximate surface area is 124 Å². The van der Waals surface area contributed by atoms with E-state index in [0.717, 1.165) is 5.92 Å². The standard InChI is InChI=1S/C14H20Cl2O3/c15-5-11(6-16)17-7-12-8-18-14(19-12)13-4-9-1-2-10(13)3-9/h1-2,9-14H,3-8H2/t9-,10-,12+,13-,14-/m1/s1. The molecule has 5 atom stereocenters. The van der Waals surface area contributed by atoms with Crippen LogP contribution in [0.15, 0.2) is 12.2 Å². The minimum Gasteiger partial charge on any atom is -0.373 e. The third-order valence-electron chi connectivity index (χ3n) is 4.31. The molecule has 5 heteroatoms. The lowest BCUT2D eigenvalue weighted by Gasteiger charge is -2.24. The van der Waals surface area contributed by atoms with Gasteiger partial charge in [-0.25, -0.2) is 0 Å². The number of rotatable bonds is 6. The van der Waals surface area contributed by atoms with Gasteiger partial charge in [0.15, 0.2) is 6.29 Å². The first kappa shape index (κ1) is 14.2. The van der Waals surface area contributed by atoms with Gasteiger partial charge >= 0.3 is 0 Å². The summed E-state index contributed by atoms with van der Waals surface area (Å²) in [5.41, 5.74) is 0. The van der Waals surface area contributed by atoms with Crippen molar-refractivity contribution in [1.82, 2.24) is 0 Å². The number of allylic oxidation sites excluding steroid dienone is 2. The van der Waals surface area contributed by atoms with Gasteiger partial charge in [0, 0.05) is 17.7 Å². The van der Waals surface area contributed by atoms with Crippen LogP contribution >= 0.6 is 23.2 Å². The Morgan fingerprint density at radius 3 is 2.68 bits per heavy atom. The molecule has 0 aromatic carbocycles. The van der Waals surface area contributed by atoms with Gasteiger partial charge in [0.05, 0.1) is 19.3 Å². The Morgan fingerprint density at radius 2 is 2.05 bits per heavy atom. The zero-order valence-corrected chi connectivity index (χ0v) is 12.4. The molecular formula is C14H20Cl2O3. The van der Waals surface area contributed by atoms with E-state index >= 15 is 0 Å². The first-order valence-corrected chi connectivity index (χ1v) is 8.06. The molecule has 2 aliphatic carbocycles. The Morgan fingerprint density at radius 1 is 1.21 bits per heavy atom. The first-order chi connectivity index (χ1) is 9.30. The summed E-state index contributed by atoms with van der Waals surface area (Å²) in [4.78, 5) is 0. The van der Waals surface area contributed by atoms with Crippen LogP contribution in [0.1, 0.15) is 12.8 Å². The van der Waals surface area contributed by atoms with E-state index in [2.05, 4.69) is 12.2 Å². The molecular weight excluding hydrogens is 287 g/mol. The summed E-state index contributed by atoms with van der Waals surface area (Å²) >= 11 is 11.5. The molecule has 3 nitrogen and oxygen atoms in total. The molecule has 0 N–H and O–H groups in total. The number of halogens is 2. The highest BCUT2D eigenvalue weighted by atomic mass is 35.5. The van der Waals surface area contributed by atoms with Crippen molar-refractivity contribution >= 4 is 23.2 Å². The molecule has 0 amide bonds. The lowest BCUT2D eigenvalue weighted by molar-refractivity contribution is -0.113. The van der Waals surface area contributed by atoms with Gasteiger partial charge in [0.2, 0.25) is 0 Å². The van der Waals surface area contributed by atoms with E-state index in [1.165, 1.54) is 12.8 Å². The minimum absolute atomic E-state index is 0.0158. The summed E-state index contributed by atoms with van der Waals surface area (Å²) in [7, 11) is 0.